The molecular weight excluding hydrogens is 158 g/mol. The minimum absolute atomic E-state index is 0.109. The van der Waals surface area contributed by atoms with Gasteiger partial charge in [-0.05, 0) is 0 Å². The first kappa shape index (κ1) is 7.64. The van der Waals surface area contributed by atoms with Crippen molar-refractivity contribution in [2.45, 2.75) is 6.42 Å². The molecular formula is C4H7NO4S. The molecule has 0 amide bonds. The van der Waals surface area contributed by atoms with E-state index in [-0.39, 0.29) is 25.3 Å². The van der Waals surface area contributed by atoms with Gasteiger partial charge < -0.3 is 0 Å². The molecule has 1 aliphatic heterocycles. The summed E-state index contributed by atoms with van der Waals surface area (Å²) in [6.45, 7) is -0.0729. The molecule has 0 aromatic heterocycles. The first-order valence-corrected chi connectivity index (χ1v) is 4.14. The number of ketones is 1. The van der Waals surface area contributed by atoms with Gasteiger partial charge in [0.15, 0.2) is 0 Å². The highest BCUT2D eigenvalue weighted by Gasteiger charge is 2.27. The van der Waals surface area contributed by atoms with Crippen molar-refractivity contribution in [1.82, 2.24) is 4.31 Å². The first-order valence-electron chi connectivity index (χ1n) is 2.74. The highest BCUT2D eigenvalue weighted by molar-refractivity contribution is 7.83. The van der Waals surface area contributed by atoms with E-state index in [2.05, 4.69) is 0 Å². The van der Waals surface area contributed by atoms with Gasteiger partial charge in [0.1, 0.15) is 5.78 Å². The quantitative estimate of drug-likeness (QED) is 0.509. The Hall–Kier alpha value is -0.460. The Morgan fingerprint density at radius 1 is 1.50 bits per heavy atom. The minimum Gasteiger partial charge on any atom is -0.298 e. The summed E-state index contributed by atoms with van der Waals surface area (Å²) in [5.74, 6) is -0.155. The van der Waals surface area contributed by atoms with E-state index in [1.54, 1.807) is 0 Å². The lowest BCUT2D eigenvalue weighted by Crippen LogP contribution is -2.27. The summed E-state index contributed by atoms with van der Waals surface area (Å²) in [5.41, 5.74) is 0. The van der Waals surface area contributed by atoms with Gasteiger partial charge in [0.25, 0.3) is 0 Å². The molecule has 0 unspecified atom stereocenters. The second-order valence-corrected chi connectivity index (χ2v) is 3.51. The summed E-state index contributed by atoms with van der Waals surface area (Å²) < 4.78 is 29.7. The van der Waals surface area contributed by atoms with Crippen molar-refractivity contribution in [3.05, 3.63) is 0 Å². The van der Waals surface area contributed by atoms with E-state index in [4.69, 9.17) is 4.55 Å². The van der Waals surface area contributed by atoms with Crippen LogP contribution in [0.25, 0.3) is 0 Å². The van der Waals surface area contributed by atoms with E-state index >= 15 is 0 Å². The SMILES string of the molecule is O=C1CCN(S(=O)(=O)O)C1. The smallest absolute Gasteiger partial charge is 0.298 e. The number of hydrogen-bond donors (Lipinski definition) is 1. The van der Waals surface area contributed by atoms with Crippen LogP contribution in [-0.4, -0.2) is 36.1 Å². The van der Waals surface area contributed by atoms with Crippen LogP contribution in [-0.2, 0) is 15.1 Å². The Kier molecular flexibility index (Phi) is 1.76. The zero-order valence-electron chi connectivity index (χ0n) is 5.15. The number of Topliss-reactive ketones (excluding diaryl/α,β-unsaturated/α-hetero) is 1. The first-order chi connectivity index (χ1) is 4.50. The van der Waals surface area contributed by atoms with Crippen LogP contribution in [0, 0.1) is 0 Å². The molecule has 0 bridgehead atoms. The summed E-state index contributed by atoms with van der Waals surface area (Å²) in [7, 11) is -4.12. The zero-order valence-corrected chi connectivity index (χ0v) is 5.97. The van der Waals surface area contributed by atoms with Crippen molar-refractivity contribution in [1.29, 1.82) is 0 Å². The predicted molar refractivity (Wildman–Crippen MR) is 32.7 cm³/mol. The third kappa shape index (κ3) is 1.53. The fourth-order valence-electron chi connectivity index (χ4n) is 0.801. The summed E-state index contributed by atoms with van der Waals surface area (Å²) in [6.07, 6.45) is 0.208. The third-order valence-electron chi connectivity index (χ3n) is 1.32. The van der Waals surface area contributed by atoms with Crippen LogP contribution in [0.3, 0.4) is 0 Å². The monoisotopic (exact) mass is 165 g/mol. The second kappa shape index (κ2) is 2.30. The Labute approximate surface area is 58.5 Å². The maximum Gasteiger partial charge on any atom is 0.336 e. The van der Waals surface area contributed by atoms with Gasteiger partial charge in [0.2, 0.25) is 0 Å². The zero-order chi connectivity index (χ0) is 7.78. The van der Waals surface area contributed by atoms with Gasteiger partial charge in [-0.15, -0.1) is 0 Å². The number of nitrogens with zero attached hydrogens (tertiary/aromatic N) is 1. The molecule has 6 heteroatoms. The standard InChI is InChI=1S/C4H7NO4S/c6-4-1-2-5(3-4)10(7,8)9/h1-3H2,(H,7,8,9). The largest absolute Gasteiger partial charge is 0.336 e. The van der Waals surface area contributed by atoms with Crippen LogP contribution in [0.1, 0.15) is 6.42 Å². The maximum atomic E-state index is 10.5. The molecule has 1 heterocycles. The maximum absolute atomic E-state index is 10.5. The molecule has 1 aliphatic rings. The number of carbonyl (C=O) groups excluding carboxylic acids is 1. The minimum atomic E-state index is -4.12. The van der Waals surface area contributed by atoms with Crippen molar-refractivity contribution in [3.63, 3.8) is 0 Å². The van der Waals surface area contributed by atoms with Crippen molar-refractivity contribution < 1.29 is 17.8 Å². The Morgan fingerprint density at radius 3 is 2.30 bits per heavy atom. The van der Waals surface area contributed by atoms with E-state index < -0.39 is 10.3 Å². The highest BCUT2D eigenvalue weighted by atomic mass is 32.2. The molecule has 1 rings (SSSR count). The van der Waals surface area contributed by atoms with Crippen LogP contribution in [0.15, 0.2) is 0 Å². The normalized spacial score (nSPS) is 21.9. The Morgan fingerprint density at radius 2 is 2.10 bits per heavy atom. The van der Waals surface area contributed by atoms with Crippen molar-refractivity contribution >= 4 is 16.1 Å². The molecule has 10 heavy (non-hydrogen) atoms. The molecule has 1 fully saturated rings. The van der Waals surface area contributed by atoms with Crippen LogP contribution in [0.5, 0.6) is 0 Å². The fourth-order valence-corrected chi connectivity index (χ4v) is 1.43. The second-order valence-electron chi connectivity index (χ2n) is 2.10. The molecule has 0 saturated carbocycles. The topological polar surface area (TPSA) is 74.7 Å². The van der Waals surface area contributed by atoms with E-state index in [0.29, 0.717) is 0 Å². The van der Waals surface area contributed by atoms with Gasteiger partial charge in [0, 0.05) is 13.0 Å². The molecule has 5 nitrogen and oxygen atoms in total. The van der Waals surface area contributed by atoms with Gasteiger partial charge in [-0.25, -0.2) is 0 Å². The average Bonchev–Trinajstić information content (AvgIpc) is 2.11. The van der Waals surface area contributed by atoms with Crippen LogP contribution >= 0.6 is 0 Å². The van der Waals surface area contributed by atoms with E-state index in [1.807, 2.05) is 0 Å². The molecule has 0 atom stereocenters. The van der Waals surface area contributed by atoms with Crippen molar-refractivity contribution in [2.75, 3.05) is 13.1 Å². The summed E-state index contributed by atoms with van der Waals surface area (Å²) >= 11 is 0. The number of carbonyl (C=O) groups is 1. The lowest BCUT2D eigenvalue weighted by Gasteiger charge is -2.06. The van der Waals surface area contributed by atoms with Crippen LogP contribution < -0.4 is 0 Å². The molecule has 1 N–H and O–H groups in total. The molecule has 0 aliphatic carbocycles. The molecule has 0 radical (unpaired) electrons. The molecule has 1 saturated heterocycles. The molecule has 0 aromatic rings. The summed E-state index contributed by atoms with van der Waals surface area (Å²) in [5, 5.41) is 0. The Balaban J connectivity index is 2.71. The summed E-state index contributed by atoms with van der Waals surface area (Å²) in [6, 6.07) is 0. The van der Waals surface area contributed by atoms with Gasteiger partial charge in [-0.2, -0.15) is 12.7 Å². The van der Waals surface area contributed by atoms with Crippen LogP contribution in [0.4, 0.5) is 0 Å². The van der Waals surface area contributed by atoms with Gasteiger partial charge in [-0.1, -0.05) is 0 Å². The predicted octanol–water partition coefficient (Wildman–Crippen LogP) is -0.936. The average molecular weight is 165 g/mol. The summed E-state index contributed by atoms with van der Waals surface area (Å²) in [4.78, 5) is 10.5. The lowest BCUT2D eigenvalue weighted by atomic mass is 10.4. The Bertz CT molecular complexity index is 244. The lowest BCUT2D eigenvalue weighted by molar-refractivity contribution is -0.116. The molecule has 0 spiro atoms. The van der Waals surface area contributed by atoms with Gasteiger partial charge in [-0.3, -0.25) is 9.35 Å². The van der Waals surface area contributed by atoms with E-state index in [0.717, 1.165) is 4.31 Å². The van der Waals surface area contributed by atoms with E-state index in [1.165, 1.54) is 0 Å². The van der Waals surface area contributed by atoms with E-state index in [9.17, 15) is 13.2 Å². The third-order valence-corrected chi connectivity index (χ3v) is 2.28. The van der Waals surface area contributed by atoms with Crippen molar-refractivity contribution in [3.8, 4) is 0 Å². The van der Waals surface area contributed by atoms with Gasteiger partial charge in [0.05, 0.1) is 6.54 Å². The molecule has 58 valence electrons. The highest BCUT2D eigenvalue weighted by Crippen LogP contribution is 2.07. The fraction of sp³-hybridized carbons (Fsp3) is 0.750. The van der Waals surface area contributed by atoms with Crippen molar-refractivity contribution in [2.24, 2.45) is 0 Å². The molecule has 0 aromatic carbocycles. The van der Waals surface area contributed by atoms with Crippen LogP contribution in [0.2, 0.25) is 0 Å². The number of rotatable bonds is 1. The number of hydrogen-bond acceptors (Lipinski definition) is 3. The van der Waals surface area contributed by atoms with Gasteiger partial charge >= 0.3 is 10.3 Å².